The van der Waals surface area contributed by atoms with Gasteiger partial charge in [0.2, 0.25) is 11.8 Å². The van der Waals surface area contributed by atoms with Crippen LogP contribution >= 0.6 is 0 Å². The van der Waals surface area contributed by atoms with E-state index in [-0.39, 0.29) is 18.4 Å². The molecule has 2 aromatic rings. The van der Waals surface area contributed by atoms with Crippen LogP contribution in [0.25, 0.3) is 11.0 Å². The second-order valence-corrected chi connectivity index (χ2v) is 6.58. The van der Waals surface area contributed by atoms with E-state index in [0.29, 0.717) is 19.5 Å². The standard InChI is InChI=1S/C17H22N6O2/c24-14-3-1-6-23(14)11-15(25)21-7-2-8-22(10-9-21)17-13-4-5-18-16(13)19-12-20-17/h4-5,12H,1-3,6-11H2,(H,18,19,20). The van der Waals surface area contributed by atoms with E-state index in [1.807, 2.05) is 17.2 Å². The molecule has 2 saturated heterocycles. The molecule has 2 amide bonds. The van der Waals surface area contributed by atoms with Gasteiger partial charge in [0.05, 0.1) is 11.9 Å². The van der Waals surface area contributed by atoms with E-state index in [1.165, 1.54) is 0 Å². The molecule has 0 aliphatic carbocycles. The predicted molar refractivity (Wildman–Crippen MR) is 93.1 cm³/mol. The van der Waals surface area contributed by atoms with Gasteiger partial charge in [-0.25, -0.2) is 9.97 Å². The molecule has 2 aliphatic rings. The average molecular weight is 342 g/mol. The highest BCUT2D eigenvalue weighted by atomic mass is 16.2. The topological polar surface area (TPSA) is 85.4 Å². The Morgan fingerprint density at radius 1 is 1.12 bits per heavy atom. The fraction of sp³-hybridized carbons (Fsp3) is 0.529. The Balaban J connectivity index is 1.42. The van der Waals surface area contributed by atoms with E-state index >= 15 is 0 Å². The number of nitrogens with one attached hydrogen (secondary N) is 1. The zero-order valence-electron chi connectivity index (χ0n) is 14.1. The van der Waals surface area contributed by atoms with Crippen molar-refractivity contribution in [3.8, 4) is 0 Å². The zero-order chi connectivity index (χ0) is 17.2. The third kappa shape index (κ3) is 3.16. The van der Waals surface area contributed by atoms with Gasteiger partial charge in [-0.2, -0.15) is 0 Å². The lowest BCUT2D eigenvalue weighted by atomic mass is 10.3. The molecule has 2 aliphatic heterocycles. The van der Waals surface area contributed by atoms with Crippen LogP contribution in [0, 0.1) is 0 Å². The number of carbonyl (C=O) groups is 2. The third-order valence-electron chi connectivity index (χ3n) is 4.98. The molecule has 0 atom stereocenters. The van der Waals surface area contributed by atoms with E-state index in [0.717, 1.165) is 49.3 Å². The quantitative estimate of drug-likeness (QED) is 0.884. The lowest BCUT2D eigenvalue weighted by molar-refractivity contribution is -0.138. The van der Waals surface area contributed by atoms with Crippen LogP contribution in [0.15, 0.2) is 18.6 Å². The molecule has 2 fully saturated rings. The number of nitrogens with zero attached hydrogens (tertiary/aromatic N) is 5. The highest BCUT2D eigenvalue weighted by Gasteiger charge is 2.26. The summed E-state index contributed by atoms with van der Waals surface area (Å²) in [5, 5.41) is 1.00. The van der Waals surface area contributed by atoms with Gasteiger partial charge in [0, 0.05) is 45.3 Å². The number of anilines is 1. The van der Waals surface area contributed by atoms with Crippen LogP contribution < -0.4 is 4.90 Å². The summed E-state index contributed by atoms with van der Waals surface area (Å²) >= 11 is 0. The van der Waals surface area contributed by atoms with Gasteiger partial charge >= 0.3 is 0 Å². The average Bonchev–Trinajstić information content (AvgIpc) is 3.17. The summed E-state index contributed by atoms with van der Waals surface area (Å²) in [5.74, 6) is 1.06. The normalized spacial score (nSPS) is 18.9. The highest BCUT2D eigenvalue weighted by Crippen LogP contribution is 2.23. The molecule has 0 unspecified atom stereocenters. The first-order valence-electron chi connectivity index (χ1n) is 8.81. The minimum absolute atomic E-state index is 0.0478. The van der Waals surface area contributed by atoms with Crippen molar-refractivity contribution >= 4 is 28.7 Å². The predicted octanol–water partition coefficient (Wildman–Crippen LogP) is 0.619. The van der Waals surface area contributed by atoms with Crippen molar-refractivity contribution in [1.82, 2.24) is 24.8 Å². The van der Waals surface area contributed by atoms with Gasteiger partial charge in [-0.1, -0.05) is 0 Å². The molecule has 1 N–H and O–H groups in total. The molecule has 132 valence electrons. The van der Waals surface area contributed by atoms with Gasteiger partial charge in [-0.05, 0) is 18.9 Å². The van der Waals surface area contributed by atoms with E-state index in [1.54, 1.807) is 11.2 Å². The van der Waals surface area contributed by atoms with Crippen molar-refractivity contribution in [1.29, 1.82) is 0 Å². The summed E-state index contributed by atoms with van der Waals surface area (Å²) in [4.78, 5) is 41.8. The molecule has 0 saturated carbocycles. The second-order valence-electron chi connectivity index (χ2n) is 6.58. The van der Waals surface area contributed by atoms with Gasteiger partial charge in [0.25, 0.3) is 0 Å². The van der Waals surface area contributed by atoms with E-state index in [9.17, 15) is 9.59 Å². The van der Waals surface area contributed by atoms with Gasteiger partial charge in [-0.15, -0.1) is 0 Å². The molecular weight excluding hydrogens is 320 g/mol. The van der Waals surface area contributed by atoms with Gasteiger partial charge in [0.1, 0.15) is 17.8 Å². The smallest absolute Gasteiger partial charge is 0.242 e. The number of rotatable bonds is 3. The van der Waals surface area contributed by atoms with Crippen molar-refractivity contribution < 1.29 is 9.59 Å². The maximum absolute atomic E-state index is 12.5. The first kappa shape index (κ1) is 15.9. The number of aromatic nitrogens is 3. The maximum atomic E-state index is 12.5. The van der Waals surface area contributed by atoms with E-state index in [4.69, 9.17) is 0 Å². The number of hydrogen-bond donors (Lipinski definition) is 1. The molecule has 0 bridgehead atoms. The first-order valence-corrected chi connectivity index (χ1v) is 8.81. The number of amides is 2. The molecule has 8 nitrogen and oxygen atoms in total. The fourth-order valence-electron chi connectivity index (χ4n) is 3.62. The Hall–Kier alpha value is -2.64. The summed E-state index contributed by atoms with van der Waals surface area (Å²) in [6, 6.07) is 1.98. The third-order valence-corrected chi connectivity index (χ3v) is 4.98. The number of fused-ring (bicyclic) bond motifs is 1. The van der Waals surface area contributed by atoms with Crippen LogP contribution in [0.2, 0.25) is 0 Å². The van der Waals surface area contributed by atoms with Gasteiger partial charge < -0.3 is 19.7 Å². The van der Waals surface area contributed by atoms with Crippen LogP contribution in [-0.2, 0) is 9.59 Å². The molecule has 2 aromatic heterocycles. The Morgan fingerprint density at radius 3 is 2.88 bits per heavy atom. The molecule has 0 spiro atoms. The molecule has 4 heterocycles. The summed E-state index contributed by atoms with van der Waals surface area (Å²) < 4.78 is 0. The minimum atomic E-state index is 0.0478. The van der Waals surface area contributed by atoms with Crippen molar-refractivity contribution in [2.24, 2.45) is 0 Å². The first-order chi connectivity index (χ1) is 12.2. The molecule has 4 rings (SSSR count). The molecule has 8 heteroatoms. The SMILES string of the molecule is O=C(CN1CCCC1=O)N1CCCN(c2ncnc3[nH]ccc23)CC1. The second kappa shape index (κ2) is 6.70. The summed E-state index contributed by atoms with van der Waals surface area (Å²) in [5.41, 5.74) is 0.828. The summed E-state index contributed by atoms with van der Waals surface area (Å²) in [6.45, 7) is 3.88. The van der Waals surface area contributed by atoms with E-state index < -0.39 is 0 Å². The Bertz CT molecular complexity index is 788. The Morgan fingerprint density at radius 2 is 2.04 bits per heavy atom. The van der Waals surface area contributed by atoms with Crippen molar-refractivity contribution in [3.05, 3.63) is 18.6 Å². The number of likely N-dealkylation sites (tertiary alicyclic amines) is 1. The lowest BCUT2D eigenvalue weighted by Gasteiger charge is -2.25. The molecular formula is C17H22N6O2. The van der Waals surface area contributed by atoms with Crippen LogP contribution in [0.4, 0.5) is 5.82 Å². The highest BCUT2D eigenvalue weighted by molar-refractivity contribution is 5.88. The number of aromatic amines is 1. The lowest BCUT2D eigenvalue weighted by Crippen LogP contribution is -2.42. The van der Waals surface area contributed by atoms with Crippen LogP contribution in [0.3, 0.4) is 0 Å². The zero-order valence-corrected chi connectivity index (χ0v) is 14.1. The van der Waals surface area contributed by atoms with Crippen LogP contribution in [0.1, 0.15) is 19.3 Å². The Labute approximate surface area is 145 Å². The summed E-state index contributed by atoms with van der Waals surface area (Å²) in [7, 11) is 0. The number of carbonyl (C=O) groups excluding carboxylic acids is 2. The maximum Gasteiger partial charge on any atom is 0.242 e. The molecule has 0 radical (unpaired) electrons. The monoisotopic (exact) mass is 342 g/mol. The van der Waals surface area contributed by atoms with Crippen LogP contribution in [0.5, 0.6) is 0 Å². The number of H-pyrrole nitrogens is 1. The van der Waals surface area contributed by atoms with Crippen molar-refractivity contribution in [2.75, 3.05) is 44.2 Å². The molecule has 0 aromatic carbocycles. The minimum Gasteiger partial charge on any atom is -0.354 e. The Kier molecular flexibility index (Phi) is 4.25. The summed E-state index contributed by atoms with van der Waals surface area (Å²) in [6.07, 6.45) is 5.75. The van der Waals surface area contributed by atoms with E-state index in [2.05, 4.69) is 19.9 Å². The largest absolute Gasteiger partial charge is 0.354 e. The van der Waals surface area contributed by atoms with Gasteiger partial charge in [0.15, 0.2) is 0 Å². The molecule has 25 heavy (non-hydrogen) atoms. The van der Waals surface area contributed by atoms with Crippen molar-refractivity contribution in [2.45, 2.75) is 19.3 Å². The van der Waals surface area contributed by atoms with Crippen LogP contribution in [-0.4, -0.2) is 75.8 Å². The van der Waals surface area contributed by atoms with Crippen molar-refractivity contribution in [3.63, 3.8) is 0 Å². The van der Waals surface area contributed by atoms with Gasteiger partial charge in [-0.3, -0.25) is 9.59 Å². The number of hydrogen-bond acceptors (Lipinski definition) is 5. The fourth-order valence-corrected chi connectivity index (χ4v) is 3.62.